The van der Waals surface area contributed by atoms with Crippen LogP contribution < -0.4 is 15.8 Å². The minimum absolute atomic E-state index is 0. The van der Waals surface area contributed by atoms with Crippen LogP contribution in [0.5, 0.6) is 0 Å². The van der Waals surface area contributed by atoms with E-state index in [0.29, 0.717) is 11.7 Å². The van der Waals surface area contributed by atoms with Crippen molar-refractivity contribution in [2.45, 2.75) is 26.7 Å². The van der Waals surface area contributed by atoms with Crippen LogP contribution in [0.2, 0.25) is 0 Å². The maximum absolute atomic E-state index is 12.3. The molecule has 0 saturated carbocycles. The molecule has 1 aromatic heterocycles. The fourth-order valence-corrected chi connectivity index (χ4v) is 3.56. The minimum atomic E-state index is -0.0477. The Balaban J connectivity index is 0.00000320. The zero-order valence-corrected chi connectivity index (χ0v) is 20.7. The van der Waals surface area contributed by atoms with Crippen LogP contribution in [0.1, 0.15) is 30.9 Å². The van der Waals surface area contributed by atoms with E-state index in [1.807, 2.05) is 0 Å². The number of hydrogen-bond donors (Lipinski definition) is 1. The van der Waals surface area contributed by atoms with Gasteiger partial charge in [0.15, 0.2) is 11.8 Å². The number of anilines is 1. The average molecular weight is 524 g/mol. The predicted molar refractivity (Wildman–Crippen MR) is 134 cm³/mol. The zero-order valence-electron chi connectivity index (χ0n) is 18.3. The second kappa shape index (κ2) is 11.3. The summed E-state index contributed by atoms with van der Waals surface area (Å²) in [7, 11) is 1.76. The maximum Gasteiger partial charge on any atom is 0.293 e. The quantitative estimate of drug-likeness (QED) is 0.370. The number of guanidine groups is 1. The van der Waals surface area contributed by atoms with E-state index in [1.54, 1.807) is 24.0 Å². The molecule has 3 rings (SSSR count). The molecule has 1 N–H and O–H groups in total. The summed E-state index contributed by atoms with van der Waals surface area (Å²) in [5, 5.41) is 3.42. The van der Waals surface area contributed by atoms with Crippen LogP contribution in [0.4, 0.5) is 5.82 Å². The molecule has 2 heterocycles. The topological polar surface area (TPSA) is 65.8 Å². The third-order valence-corrected chi connectivity index (χ3v) is 5.34. The van der Waals surface area contributed by atoms with Crippen LogP contribution in [0.15, 0.2) is 46.4 Å². The second-order valence-corrected chi connectivity index (χ2v) is 7.65. The molecule has 0 radical (unpaired) electrons. The number of aryl methyl sites for hydroxylation is 2. The molecule has 0 aliphatic carbocycles. The highest BCUT2D eigenvalue weighted by molar-refractivity contribution is 14.0. The van der Waals surface area contributed by atoms with Crippen molar-refractivity contribution in [2.24, 2.45) is 12.0 Å². The summed E-state index contributed by atoms with van der Waals surface area (Å²) < 4.78 is 1.58. The lowest BCUT2D eigenvalue weighted by atomic mass is 10.00. The van der Waals surface area contributed by atoms with Crippen molar-refractivity contribution in [3.8, 4) is 0 Å². The molecule has 0 spiro atoms. The highest BCUT2D eigenvalue weighted by Gasteiger charge is 2.22. The lowest BCUT2D eigenvalue weighted by Gasteiger charge is -2.36. The number of nitrogens with one attached hydrogen (secondary N) is 1. The van der Waals surface area contributed by atoms with Gasteiger partial charge in [0.25, 0.3) is 5.56 Å². The highest BCUT2D eigenvalue weighted by atomic mass is 127. The first kappa shape index (κ1) is 24.2. The number of hydrogen-bond acceptors (Lipinski definition) is 4. The Hall–Kier alpha value is -2.10. The van der Waals surface area contributed by atoms with Crippen molar-refractivity contribution in [3.63, 3.8) is 0 Å². The van der Waals surface area contributed by atoms with Crippen LogP contribution in [0.3, 0.4) is 0 Å². The molecular formula is C22H33IN6O. The molecule has 1 unspecified atom stereocenters. The van der Waals surface area contributed by atoms with E-state index in [2.05, 4.69) is 65.1 Å². The van der Waals surface area contributed by atoms with Crippen molar-refractivity contribution in [3.05, 3.63) is 58.1 Å². The first-order valence-corrected chi connectivity index (χ1v) is 10.4. The monoisotopic (exact) mass is 524 g/mol. The molecule has 30 heavy (non-hydrogen) atoms. The van der Waals surface area contributed by atoms with Gasteiger partial charge in [-0.2, -0.15) is 0 Å². The molecule has 1 atom stereocenters. The SMILES string of the molecule is CCNC(=NCC(C)c1cccc(C)c1)N1CCN(c2nccn(C)c2=O)CC1.I. The summed E-state index contributed by atoms with van der Waals surface area (Å²) >= 11 is 0. The van der Waals surface area contributed by atoms with Gasteiger partial charge in [0, 0.05) is 64.6 Å². The van der Waals surface area contributed by atoms with Gasteiger partial charge in [-0.3, -0.25) is 9.79 Å². The molecule has 1 aliphatic heterocycles. The van der Waals surface area contributed by atoms with Gasteiger partial charge in [0.2, 0.25) is 0 Å². The van der Waals surface area contributed by atoms with Crippen LogP contribution in [-0.2, 0) is 7.05 Å². The number of halogens is 1. The van der Waals surface area contributed by atoms with Crippen molar-refractivity contribution in [1.29, 1.82) is 0 Å². The minimum Gasteiger partial charge on any atom is -0.357 e. The number of benzene rings is 1. The van der Waals surface area contributed by atoms with Crippen LogP contribution >= 0.6 is 24.0 Å². The Bertz CT molecular complexity index is 904. The molecule has 0 bridgehead atoms. The molecule has 7 nitrogen and oxygen atoms in total. The van der Waals surface area contributed by atoms with Crippen LogP contribution in [0, 0.1) is 6.92 Å². The summed E-state index contributed by atoms with van der Waals surface area (Å²) in [5.74, 6) is 1.84. The van der Waals surface area contributed by atoms with Gasteiger partial charge < -0.3 is 19.7 Å². The Labute approximate surface area is 196 Å². The maximum atomic E-state index is 12.3. The molecule has 1 saturated heterocycles. The smallest absolute Gasteiger partial charge is 0.293 e. The lowest BCUT2D eigenvalue weighted by Crippen LogP contribution is -2.53. The van der Waals surface area contributed by atoms with Crippen molar-refractivity contribution < 1.29 is 0 Å². The molecule has 8 heteroatoms. The standard InChI is InChI=1S/C22H32N6O.HI/c1-5-23-22(25-16-18(3)19-8-6-7-17(2)15-19)28-13-11-27(12-14-28)20-21(29)26(4)10-9-24-20;/h6-10,15,18H,5,11-14,16H2,1-4H3,(H,23,25);1H. The second-order valence-electron chi connectivity index (χ2n) is 7.65. The number of aliphatic imine (C=N–C) groups is 1. The Morgan fingerprint density at radius 1 is 1.27 bits per heavy atom. The Kier molecular flexibility index (Phi) is 9.13. The summed E-state index contributed by atoms with van der Waals surface area (Å²) in [5.41, 5.74) is 2.55. The summed E-state index contributed by atoms with van der Waals surface area (Å²) in [6, 6.07) is 8.64. The van der Waals surface area contributed by atoms with Gasteiger partial charge in [0.05, 0.1) is 0 Å². The van der Waals surface area contributed by atoms with E-state index in [1.165, 1.54) is 11.1 Å². The van der Waals surface area contributed by atoms with Gasteiger partial charge in [-0.1, -0.05) is 36.8 Å². The first-order chi connectivity index (χ1) is 14.0. The highest BCUT2D eigenvalue weighted by Crippen LogP contribution is 2.17. The number of nitrogens with zero attached hydrogens (tertiary/aromatic N) is 5. The van der Waals surface area contributed by atoms with Crippen LogP contribution in [0.25, 0.3) is 0 Å². The molecule has 2 aromatic rings. The summed E-state index contributed by atoms with van der Waals surface area (Å²) in [6.07, 6.45) is 3.37. The molecule has 1 fully saturated rings. The van der Waals surface area contributed by atoms with Gasteiger partial charge >= 0.3 is 0 Å². The summed E-state index contributed by atoms with van der Waals surface area (Å²) in [4.78, 5) is 25.9. The number of rotatable bonds is 5. The van der Waals surface area contributed by atoms with Gasteiger partial charge in [-0.25, -0.2) is 4.98 Å². The number of piperazine rings is 1. The fourth-order valence-electron chi connectivity index (χ4n) is 3.56. The van der Waals surface area contributed by atoms with Crippen molar-refractivity contribution >= 4 is 35.8 Å². The average Bonchev–Trinajstić information content (AvgIpc) is 2.73. The van der Waals surface area contributed by atoms with Crippen molar-refractivity contribution in [2.75, 3.05) is 44.2 Å². The fraction of sp³-hybridized carbons (Fsp3) is 0.500. The Morgan fingerprint density at radius 3 is 2.67 bits per heavy atom. The van der Waals surface area contributed by atoms with E-state index in [9.17, 15) is 4.79 Å². The summed E-state index contributed by atoms with van der Waals surface area (Å²) in [6.45, 7) is 11.1. The van der Waals surface area contributed by atoms with E-state index in [0.717, 1.165) is 45.2 Å². The predicted octanol–water partition coefficient (Wildman–Crippen LogP) is 2.60. The largest absolute Gasteiger partial charge is 0.357 e. The van der Waals surface area contributed by atoms with Crippen LogP contribution in [-0.4, -0.2) is 59.7 Å². The van der Waals surface area contributed by atoms with E-state index >= 15 is 0 Å². The van der Waals surface area contributed by atoms with Gasteiger partial charge in [0.1, 0.15) is 0 Å². The molecule has 1 aliphatic rings. The lowest BCUT2D eigenvalue weighted by molar-refractivity contribution is 0.370. The first-order valence-electron chi connectivity index (χ1n) is 10.4. The molecule has 0 amide bonds. The van der Waals surface area contributed by atoms with Crippen molar-refractivity contribution in [1.82, 2.24) is 19.8 Å². The third kappa shape index (κ3) is 5.96. The molecule has 1 aromatic carbocycles. The Morgan fingerprint density at radius 2 is 2.00 bits per heavy atom. The molecular weight excluding hydrogens is 491 g/mol. The molecule has 164 valence electrons. The van der Waals surface area contributed by atoms with E-state index in [-0.39, 0.29) is 29.5 Å². The zero-order chi connectivity index (χ0) is 20.8. The van der Waals surface area contributed by atoms with E-state index < -0.39 is 0 Å². The third-order valence-electron chi connectivity index (χ3n) is 5.34. The number of aromatic nitrogens is 2. The van der Waals surface area contributed by atoms with Gasteiger partial charge in [-0.15, -0.1) is 24.0 Å². The van der Waals surface area contributed by atoms with Gasteiger partial charge in [-0.05, 0) is 19.4 Å². The normalized spacial score (nSPS) is 15.5. The van der Waals surface area contributed by atoms with E-state index in [4.69, 9.17) is 4.99 Å².